The molecule has 0 aromatic heterocycles. The van der Waals surface area contributed by atoms with Crippen LogP contribution in [0.15, 0.2) is 77.7 Å². The molecule has 3 aromatic rings. The molecule has 0 aliphatic heterocycles. The number of carbonyl (C=O) groups is 2. The van der Waals surface area contributed by atoms with Crippen molar-refractivity contribution in [3.63, 3.8) is 0 Å². The van der Waals surface area contributed by atoms with E-state index in [4.69, 9.17) is 4.74 Å². The summed E-state index contributed by atoms with van der Waals surface area (Å²) < 4.78 is 34.3. The Labute approximate surface area is 249 Å². The lowest BCUT2D eigenvalue weighted by molar-refractivity contribution is -0.139. The number of anilines is 1. The third-order valence-electron chi connectivity index (χ3n) is 7.80. The number of ether oxygens (including phenoxy) is 1. The Morgan fingerprint density at radius 2 is 1.60 bits per heavy atom. The minimum atomic E-state index is -4.14. The zero-order valence-corrected chi connectivity index (χ0v) is 25.7. The van der Waals surface area contributed by atoms with E-state index in [0.29, 0.717) is 11.4 Å². The summed E-state index contributed by atoms with van der Waals surface area (Å²) in [7, 11) is -2.63. The smallest absolute Gasteiger partial charge is 0.264 e. The zero-order chi connectivity index (χ0) is 30.3. The van der Waals surface area contributed by atoms with Gasteiger partial charge in [-0.15, -0.1) is 0 Å². The largest absolute Gasteiger partial charge is 0.497 e. The van der Waals surface area contributed by atoms with E-state index >= 15 is 0 Å². The summed E-state index contributed by atoms with van der Waals surface area (Å²) in [4.78, 5) is 29.1. The number of sulfonamides is 1. The van der Waals surface area contributed by atoms with Crippen LogP contribution in [0.1, 0.15) is 55.7 Å². The number of carbonyl (C=O) groups excluding carboxylic acids is 2. The predicted octanol–water partition coefficient (Wildman–Crippen LogP) is 5.37. The number of aryl methyl sites for hydroxylation is 2. The maximum absolute atomic E-state index is 14.1. The molecule has 8 nitrogen and oxygen atoms in total. The molecule has 1 aliphatic carbocycles. The molecule has 2 amide bonds. The second-order valence-corrected chi connectivity index (χ2v) is 12.9. The van der Waals surface area contributed by atoms with Crippen molar-refractivity contribution in [2.24, 2.45) is 0 Å². The van der Waals surface area contributed by atoms with Crippen LogP contribution in [0.4, 0.5) is 5.69 Å². The van der Waals surface area contributed by atoms with Crippen LogP contribution in [-0.4, -0.2) is 50.9 Å². The first-order chi connectivity index (χ1) is 20.1. The number of rotatable bonds is 11. The van der Waals surface area contributed by atoms with Gasteiger partial charge in [-0.1, -0.05) is 66.8 Å². The molecule has 1 atom stereocenters. The van der Waals surface area contributed by atoms with E-state index < -0.39 is 28.5 Å². The van der Waals surface area contributed by atoms with E-state index in [2.05, 4.69) is 5.32 Å². The lowest BCUT2D eigenvalue weighted by atomic mass is 9.95. The Balaban J connectivity index is 1.67. The molecule has 0 bridgehead atoms. The highest BCUT2D eigenvalue weighted by molar-refractivity contribution is 7.92. The molecule has 0 heterocycles. The van der Waals surface area contributed by atoms with Crippen LogP contribution in [0.5, 0.6) is 5.75 Å². The van der Waals surface area contributed by atoms with Crippen molar-refractivity contribution in [1.29, 1.82) is 0 Å². The van der Waals surface area contributed by atoms with Gasteiger partial charge >= 0.3 is 0 Å². The predicted molar refractivity (Wildman–Crippen MR) is 165 cm³/mol. The third-order valence-corrected chi connectivity index (χ3v) is 9.59. The monoisotopic (exact) mass is 591 g/mol. The van der Waals surface area contributed by atoms with E-state index in [-0.39, 0.29) is 23.4 Å². The first-order valence-corrected chi connectivity index (χ1v) is 15.9. The van der Waals surface area contributed by atoms with Gasteiger partial charge in [-0.2, -0.15) is 0 Å². The maximum atomic E-state index is 14.1. The normalized spacial score (nSPS) is 14.6. The van der Waals surface area contributed by atoms with Gasteiger partial charge in [0.1, 0.15) is 18.3 Å². The second kappa shape index (κ2) is 13.9. The van der Waals surface area contributed by atoms with E-state index in [0.717, 1.165) is 53.1 Å². The highest BCUT2D eigenvalue weighted by atomic mass is 32.2. The molecule has 0 spiro atoms. The van der Waals surface area contributed by atoms with Crippen LogP contribution < -0.4 is 14.4 Å². The lowest BCUT2D eigenvalue weighted by Gasteiger charge is -2.33. The first-order valence-electron chi connectivity index (χ1n) is 14.5. The summed E-state index contributed by atoms with van der Waals surface area (Å²) in [5, 5.41) is 3.13. The fourth-order valence-electron chi connectivity index (χ4n) is 5.27. The standard InChI is InChI=1S/C33H41N3O5S/c1-24-13-15-29(16-14-24)36(42(39,40)31-19-17-30(41-4)18-20-31)23-32(37)35(22-27-10-8-9-25(2)21-27)26(3)33(38)34-28-11-6-5-7-12-28/h8-10,13-21,26,28H,5-7,11-12,22-23H2,1-4H3,(H,34,38)/t26-/m1/s1. The van der Waals surface area contributed by atoms with E-state index in [1.165, 1.54) is 24.1 Å². The highest BCUT2D eigenvalue weighted by Crippen LogP contribution is 2.26. The molecule has 0 unspecified atom stereocenters. The number of hydrogen-bond donors (Lipinski definition) is 1. The van der Waals surface area contributed by atoms with Crippen molar-refractivity contribution in [2.45, 2.75) is 76.4 Å². The number of amides is 2. The Bertz CT molecular complexity index is 1470. The summed E-state index contributed by atoms with van der Waals surface area (Å²) in [6.45, 7) is 5.29. The second-order valence-electron chi connectivity index (χ2n) is 11.1. The molecular weight excluding hydrogens is 550 g/mol. The molecule has 0 radical (unpaired) electrons. The molecule has 4 rings (SSSR count). The summed E-state index contributed by atoms with van der Waals surface area (Å²) in [6.07, 6.45) is 5.15. The Morgan fingerprint density at radius 1 is 0.929 bits per heavy atom. The van der Waals surface area contributed by atoms with E-state index in [1.807, 2.05) is 38.1 Å². The van der Waals surface area contributed by atoms with Crippen molar-refractivity contribution in [3.8, 4) is 5.75 Å². The summed E-state index contributed by atoms with van der Waals surface area (Å²) in [5.41, 5.74) is 3.21. The Kier molecular flexibility index (Phi) is 10.3. The topological polar surface area (TPSA) is 96.0 Å². The van der Waals surface area contributed by atoms with Gasteiger partial charge < -0.3 is 15.0 Å². The number of nitrogens with one attached hydrogen (secondary N) is 1. The molecule has 0 saturated heterocycles. The van der Waals surface area contributed by atoms with E-state index in [1.54, 1.807) is 43.3 Å². The van der Waals surface area contributed by atoms with Crippen molar-refractivity contribution in [1.82, 2.24) is 10.2 Å². The van der Waals surface area contributed by atoms with Crippen LogP contribution in [0, 0.1) is 13.8 Å². The van der Waals surface area contributed by atoms with Gasteiger partial charge in [0.05, 0.1) is 17.7 Å². The number of nitrogens with zero attached hydrogens (tertiary/aromatic N) is 2. The molecule has 9 heteroatoms. The molecule has 3 aromatic carbocycles. The average molecular weight is 592 g/mol. The summed E-state index contributed by atoms with van der Waals surface area (Å²) in [6, 6.07) is 20.1. The van der Waals surface area contributed by atoms with Crippen molar-refractivity contribution < 1.29 is 22.7 Å². The Morgan fingerprint density at radius 3 is 2.21 bits per heavy atom. The minimum absolute atomic E-state index is 0.0324. The van der Waals surface area contributed by atoms with Crippen LogP contribution in [-0.2, 0) is 26.2 Å². The molecule has 224 valence electrons. The molecule has 1 saturated carbocycles. The van der Waals surface area contributed by atoms with Crippen molar-refractivity contribution >= 4 is 27.5 Å². The zero-order valence-electron chi connectivity index (χ0n) is 24.9. The lowest BCUT2D eigenvalue weighted by Crippen LogP contribution is -2.53. The number of methoxy groups -OCH3 is 1. The number of benzene rings is 3. The number of hydrogen-bond acceptors (Lipinski definition) is 5. The molecule has 1 aliphatic rings. The summed E-state index contributed by atoms with van der Waals surface area (Å²) >= 11 is 0. The molecule has 1 fully saturated rings. The fourth-order valence-corrected chi connectivity index (χ4v) is 6.69. The average Bonchev–Trinajstić information content (AvgIpc) is 2.99. The van der Waals surface area contributed by atoms with Gasteiger partial charge in [-0.3, -0.25) is 13.9 Å². The third kappa shape index (κ3) is 7.70. The van der Waals surface area contributed by atoms with Crippen LogP contribution in [0.3, 0.4) is 0 Å². The summed E-state index contributed by atoms with van der Waals surface area (Å²) in [5.74, 6) is -0.183. The SMILES string of the molecule is COc1ccc(S(=O)(=O)N(CC(=O)N(Cc2cccc(C)c2)[C@H](C)C(=O)NC2CCCCC2)c2ccc(C)cc2)cc1. The highest BCUT2D eigenvalue weighted by Gasteiger charge is 2.33. The van der Waals surface area contributed by atoms with Crippen molar-refractivity contribution in [3.05, 3.63) is 89.5 Å². The maximum Gasteiger partial charge on any atom is 0.264 e. The molecular formula is C33H41N3O5S. The van der Waals surface area contributed by atoms with Gasteiger partial charge in [0.25, 0.3) is 10.0 Å². The van der Waals surface area contributed by atoms with Crippen LogP contribution >= 0.6 is 0 Å². The molecule has 42 heavy (non-hydrogen) atoms. The van der Waals surface area contributed by atoms with Gasteiger partial charge in [0.2, 0.25) is 11.8 Å². The van der Waals surface area contributed by atoms with Gasteiger partial charge in [0.15, 0.2) is 0 Å². The van der Waals surface area contributed by atoms with E-state index in [9.17, 15) is 18.0 Å². The van der Waals surface area contributed by atoms with Gasteiger partial charge in [-0.05, 0) is 75.6 Å². The first kappa shape index (κ1) is 31.1. The van der Waals surface area contributed by atoms with Gasteiger partial charge in [-0.25, -0.2) is 8.42 Å². The van der Waals surface area contributed by atoms with Crippen LogP contribution in [0.25, 0.3) is 0 Å². The van der Waals surface area contributed by atoms with Crippen LogP contribution in [0.2, 0.25) is 0 Å². The van der Waals surface area contributed by atoms with Crippen molar-refractivity contribution in [2.75, 3.05) is 18.0 Å². The Hall–Kier alpha value is -3.85. The quantitative estimate of drug-likeness (QED) is 0.323. The molecule has 1 N–H and O–H groups in total. The minimum Gasteiger partial charge on any atom is -0.497 e. The van der Waals surface area contributed by atoms with Gasteiger partial charge in [0, 0.05) is 12.6 Å². The fraction of sp³-hybridized carbons (Fsp3) is 0.394.